The zero-order valence-electron chi connectivity index (χ0n) is 20.0. The second kappa shape index (κ2) is 9.02. The van der Waals surface area contributed by atoms with Gasteiger partial charge in [-0.3, -0.25) is 9.59 Å². The second-order valence-corrected chi connectivity index (χ2v) is 8.70. The van der Waals surface area contributed by atoms with E-state index in [2.05, 4.69) is 41.2 Å². The molecule has 0 aliphatic carbocycles. The molecule has 0 saturated carbocycles. The number of imide groups is 1. The van der Waals surface area contributed by atoms with Gasteiger partial charge in [-0.2, -0.15) is 0 Å². The van der Waals surface area contributed by atoms with Gasteiger partial charge in [-0.25, -0.2) is 9.69 Å². The highest BCUT2D eigenvalue weighted by Gasteiger charge is 2.35. The van der Waals surface area contributed by atoms with Crippen LogP contribution >= 0.6 is 0 Å². The molecule has 0 bridgehead atoms. The van der Waals surface area contributed by atoms with Crippen molar-refractivity contribution in [3.05, 3.63) is 87.9 Å². The van der Waals surface area contributed by atoms with Crippen LogP contribution in [0, 0.1) is 34.6 Å². The van der Waals surface area contributed by atoms with Crippen molar-refractivity contribution < 1.29 is 14.4 Å². The Labute approximate surface area is 199 Å². The van der Waals surface area contributed by atoms with E-state index in [1.165, 1.54) is 0 Å². The van der Waals surface area contributed by atoms with E-state index in [0.717, 1.165) is 44.2 Å². The molecule has 7 nitrogen and oxygen atoms in total. The van der Waals surface area contributed by atoms with E-state index in [0.29, 0.717) is 5.69 Å². The summed E-state index contributed by atoms with van der Waals surface area (Å²) in [5.74, 6) is -0.968. The fraction of sp³-hybridized carbons (Fsp3) is 0.222. The van der Waals surface area contributed by atoms with Crippen molar-refractivity contribution in [2.24, 2.45) is 0 Å². The number of anilines is 1. The quantitative estimate of drug-likeness (QED) is 0.436. The van der Waals surface area contributed by atoms with Gasteiger partial charge in [-0.05, 0) is 81.1 Å². The van der Waals surface area contributed by atoms with Crippen LogP contribution in [0.1, 0.15) is 33.6 Å². The minimum Gasteiger partial charge on any atom is -0.325 e. The minimum absolute atomic E-state index is 0.148. The van der Waals surface area contributed by atoms with E-state index in [-0.39, 0.29) is 12.2 Å². The van der Waals surface area contributed by atoms with E-state index in [4.69, 9.17) is 0 Å². The van der Waals surface area contributed by atoms with Gasteiger partial charge in [-0.1, -0.05) is 30.3 Å². The summed E-state index contributed by atoms with van der Waals surface area (Å²) >= 11 is 0. The Morgan fingerprint density at radius 3 is 2.32 bits per heavy atom. The van der Waals surface area contributed by atoms with Gasteiger partial charge in [-0.15, -0.1) is 0 Å². The molecule has 2 aromatic carbocycles. The molecule has 0 spiro atoms. The Bertz CT molecular complexity index is 1330. The molecule has 2 heterocycles. The molecule has 34 heavy (non-hydrogen) atoms. The van der Waals surface area contributed by atoms with Crippen LogP contribution in [0.2, 0.25) is 0 Å². The van der Waals surface area contributed by atoms with E-state index < -0.39 is 17.8 Å². The molecule has 174 valence electrons. The first-order valence-corrected chi connectivity index (χ1v) is 11.1. The molecule has 1 aliphatic heterocycles. The number of nitrogens with one attached hydrogen (secondary N) is 2. The largest absolute Gasteiger partial charge is 0.329 e. The Balaban J connectivity index is 1.56. The van der Waals surface area contributed by atoms with E-state index in [9.17, 15) is 14.4 Å². The topological polar surface area (TPSA) is 83.4 Å². The van der Waals surface area contributed by atoms with Crippen LogP contribution < -0.4 is 10.6 Å². The molecule has 0 atom stereocenters. The predicted octanol–water partition coefficient (Wildman–Crippen LogP) is 4.55. The SMILES string of the molecule is Cc1cccc(NC(=O)CN2C(=O)NC(=Cc3cc(C)n(-c4c(C)cccc4C)c3C)C2=O)c1. The Hall–Kier alpha value is -4.13. The normalized spacial score (nSPS) is 14.6. The van der Waals surface area contributed by atoms with Gasteiger partial charge in [0.1, 0.15) is 12.2 Å². The van der Waals surface area contributed by atoms with E-state index in [1.54, 1.807) is 12.1 Å². The highest BCUT2D eigenvalue weighted by molar-refractivity contribution is 6.16. The summed E-state index contributed by atoms with van der Waals surface area (Å²) in [7, 11) is 0. The maximum absolute atomic E-state index is 12.9. The molecule has 1 fully saturated rings. The number of aryl methyl sites for hydroxylation is 4. The molecule has 1 saturated heterocycles. The summed E-state index contributed by atoms with van der Waals surface area (Å²) in [4.78, 5) is 38.8. The number of para-hydroxylation sites is 1. The lowest BCUT2D eigenvalue weighted by atomic mass is 10.1. The summed E-state index contributed by atoms with van der Waals surface area (Å²) in [6, 6.07) is 14.9. The average Bonchev–Trinajstić information content (AvgIpc) is 3.18. The fourth-order valence-corrected chi connectivity index (χ4v) is 4.37. The van der Waals surface area contributed by atoms with Crippen LogP contribution in [0.25, 0.3) is 11.8 Å². The third kappa shape index (κ3) is 4.37. The lowest BCUT2D eigenvalue weighted by Gasteiger charge is -2.15. The minimum atomic E-state index is -0.612. The number of urea groups is 1. The van der Waals surface area contributed by atoms with E-state index in [1.807, 2.05) is 51.1 Å². The van der Waals surface area contributed by atoms with Crippen LogP contribution in [0.3, 0.4) is 0 Å². The molecular weight excluding hydrogens is 428 g/mol. The summed E-state index contributed by atoms with van der Waals surface area (Å²) < 4.78 is 2.16. The molecule has 4 rings (SSSR count). The smallest absolute Gasteiger partial charge is 0.325 e. The molecule has 7 heteroatoms. The molecule has 3 aromatic rings. The third-order valence-electron chi connectivity index (χ3n) is 6.00. The highest BCUT2D eigenvalue weighted by Crippen LogP contribution is 2.27. The van der Waals surface area contributed by atoms with Gasteiger partial charge < -0.3 is 15.2 Å². The van der Waals surface area contributed by atoms with Gasteiger partial charge in [0.15, 0.2) is 0 Å². The summed E-state index contributed by atoms with van der Waals surface area (Å²) in [5, 5.41) is 5.34. The van der Waals surface area contributed by atoms with E-state index >= 15 is 0 Å². The van der Waals surface area contributed by atoms with Crippen molar-refractivity contribution >= 4 is 29.6 Å². The van der Waals surface area contributed by atoms with Crippen molar-refractivity contribution in [3.8, 4) is 5.69 Å². The lowest BCUT2D eigenvalue weighted by molar-refractivity contribution is -0.127. The van der Waals surface area contributed by atoms with Crippen molar-refractivity contribution in [2.45, 2.75) is 34.6 Å². The first-order chi connectivity index (χ1) is 16.2. The van der Waals surface area contributed by atoms with Crippen LogP contribution in [0.15, 0.2) is 54.2 Å². The van der Waals surface area contributed by atoms with Crippen LogP contribution in [0.4, 0.5) is 10.5 Å². The Morgan fingerprint density at radius 2 is 1.65 bits per heavy atom. The average molecular weight is 457 g/mol. The Morgan fingerprint density at radius 1 is 0.971 bits per heavy atom. The lowest BCUT2D eigenvalue weighted by Crippen LogP contribution is -2.38. The van der Waals surface area contributed by atoms with Crippen molar-refractivity contribution in [1.82, 2.24) is 14.8 Å². The highest BCUT2D eigenvalue weighted by atomic mass is 16.2. The van der Waals surface area contributed by atoms with Gasteiger partial charge in [0, 0.05) is 17.1 Å². The van der Waals surface area contributed by atoms with Crippen LogP contribution in [-0.4, -0.2) is 33.9 Å². The molecule has 1 aliphatic rings. The monoisotopic (exact) mass is 456 g/mol. The number of hydrogen-bond donors (Lipinski definition) is 2. The molecule has 0 unspecified atom stereocenters. The zero-order chi connectivity index (χ0) is 24.6. The van der Waals surface area contributed by atoms with Gasteiger partial charge in [0.05, 0.1) is 5.69 Å². The predicted molar refractivity (Wildman–Crippen MR) is 133 cm³/mol. The summed E-state index contributed by atoms with van der Waals surface area (Å²) in [5.41, 5.74) is 7.98. The molecule has 4 amide bonds. The molecule has 1 aromatic heterocycles. The number of benzene rings is 2. The molecular formula is C27H28N4O3. The number of rotatable bonds is 5. The second-order valence-electron chi connectivity index (χ2n) is 8.70. The number of amides is 4. The standard InChI is InChI=1S/C27H28N4O3/c1-16-8-6-11-22(12-16)28-24(32)15-30-26(33)23(29-27(30)34)14-21-13-19(4)31(20(21)5)25-17(2)9-7-10-18(25)3/h6-14H,15H2,1-5H3,(H,28,32)(H,29,34). The third-order valence-corrected chi connectivity index (χ3v) is 6.00. The summed E-state index contributed by atoms with van der Waals surface area (Å²) in [6.07, 6.45) is 1.67. The van der Waals surface area contributed by atoms with Gasteiger partial charge in [0.2, 0.25) is 5.91 Å². The number of carbonyl (C=O) groups is 3. The van der Waals surface area contributed by atoms with Crippen molar-refractivity contribution in [1.29, 1.82) is 0 Å². The maximum atomic E-state index is 12.9. The number of nitrogens with zero attached hydrogens (tertiary/aromatic N) is 2. The fourth-order valence-electron chi connectivity index (χ4n) is 4.37. The first kappa shape index (κ1) is 23.0. The number of carbonyl (C=O) groups excluding carboxylic acids is 3. The Kier molecular flexibility index (Phi) is 6.11. The zero-order valence-corrected chi connectivity index (χ0v) is 20.0. The van der Waals surface area contributed by atoms with Gasteiger partial charge >= 0.3 is 6.03 Å². The molecule has 0 radical (unpaired) electrons. The van der Waals surface area contributed by atoms with Gasteiger partial charge in [0.25, 0.3) is 5.91 Å². The van der Waals surface area contributed by atoms with Crippen LogP contribution in [0.5, 0.6) is 0 Å². The van der Waals surface area contributed by atoms with Crippen LogP contribution in [-0.2, 0) is 9.59 Å². The number of aromatic nitrogens is 1. The van der Waals surface area contributed by atoms with Crippen molar-refractivity contribution in [3.63, 3.8) is 0 Å². The maximum Gasteiger partial charge on any atom is 0.329 e. The molecule has 2 N–H and O–H groups in total. The van der Waals surface area contributed by atoms with Crippen molar-refractivity contribution in [2.75, 3.05) is 11.9 Å². The summed E-state index contributed by atoms with van der Waals surface area (Å²) in [6.45, 7) is 9.69. The number of hydrogen-bond acceptors (Lipinski definition) is 3. The first-order valence-electron chi connectivity index (χ1n) is 11.1.